The number of halogens is 1. The van der Waals surface area contributed by atoms with E-state index in [0.717, 1.165) is 14.4 Å². The third-order valence-corrected chi connectivity index (χ3v) is 2.76. The number of aromatic nitrogens is 5. The molecule has 8 nitrogen and oxygen atoms in total. The molecule has 0 saturated carbocycles. The van der Waals surface area contributed by atoms with Crippen LogP contribution in [0.1, 0.15) is 16.9 Å². The molecule has 0 bridgehead atoms. The SMILES string of the molecule is Cn1nnc2c(C(=O)OCCCBr)ncn2c1=O. The Morgan fingerprint density at radius 2 is 2.33 bits per heavy atom. The molecule has 2 rings (SSSR count). The number of hydrogen-bond acceptors (Lipinski definition) is 6. The summed E-state index contributed by atoms with van der Waals surface area (Å²) >= 11 is 3.23. The number of alkyl halides is 1. The number of imidazole rings is 1. The van der Waals surface area contributed by atoms with Gasteiger partial charge in [0.25, 0.3) is 0 Å². The first kappa shape index (κ1) is 12.7. The predicted molar refractivity (Wildman–Crippen MR) is 64.7 cm³/mol. The highest BCUT2D eigenvalue weighted by atomic mass is 79.9. The lowest BCUT2D eigenvalue weighted by Gasteiger charge is -2.01. The molecular formula is C9H10BrN5O3. The van der Waals surface area contributed by atoms with Crippen LogP contribution in [0.3, 0.4) is 0 Å². The Hall–Kier alpha value is -1.77. The summed E-state index contributed by atoms with van der Waals surface area (Å²) in [7, 11) is 1.46. The Bertz CT molecular complexity index is 635. The second-order valence-electron chi connectivity index (χ2n) is 3.46. The molecule has 0 aliphatic carbocycles. The van der Waals surface area contributed by atoms with Crippen molar-refractivity contribution in [2.75, 3.05) is 11.9 Å². The van der Waals surface area contributed by atoms with Gasteiger partial charge in [-0.2, -0.15) is 4.68 Å². The van der Waals surface area contributed by atoms with Crippen LogP contribution in [0.5, 0.6) is 0 Å². The van der Waals surface area contributed by atoms with Gasteiger partial charge < -0.3 is 4.74 Å². The summed E-state index contributed by atoms with van der Waals surface area (Å²) in [5.74, 6) is -0.610. The van der Waals surface area contributed by atoms with E-state index in [4.69, 9.17) is 4.74 Å². The normalized spacial score (nSPS) is 10.8. The van der Waals surface area contributed by atoms with Gasteiger partial charge in [0.05, 0.1) is 6.61 Å². The van der Waals surface area contributed by atoms with Gasteiger partial charge in [-0.25, -0.2) is 19.0 Å². The number of carbonyl (C=O) groups excluding carboxylic acids is 1. The van der Waals surface area contributed by atoms with E-state index in [1.165, 1.54) is 13.4 Å². The highest BCUT2D eigenvalue weighted by Crippen LogP contribution is 2.05. The summed E-state index contributed by atoms with van der Waals surface area (Å²) in [4.78, 5) is 27.2. The maximum atomic E-state index is 11.7. The second-order valence-corrected chi connectivity index (χ2v) is 4.25. The van der Waals surface area contributed by atoms with Gasteiger partial charge in [-0.05, 0) is 6.42 Å². The molecule has 96 valence electrons. The molecular weight excluding hydrogens is 306 g/mol. The number of hydrogen-bond donors (Lipinski definition) is 0. The van der Waals surface area contributed by atoms with Gasteiger partial charge in [0.1, 0.15) is 6.33 Å². The molecule has 0 N–H and O–H groups in total. The standard InChI is InChI=1S/C9H10BrN5O3/c1-14-9(17)15-5-11-6(7(15)12-13-14)8(16)18-4-2-3-10/h5H,2-4H2,1H3. The predicted octanol–water partition coefficient (Wildman–Crippen LogP) is -0.235. The lowest BCUT2D eigenvalue weighted by Crippen LogP contribution is -2.27. The first-order valence-corrected chi connectivity index (χ1v) is 6.27. The van der Waals surface area contributed by atoms with E-state index in [-0.39, 0.29) is 17.9 Å². The van der Waals surface area contributed by atoms with E-state index in [1.54, 1.807) is 0 Å². The fourth-order valence-corrected chi connectivity index (χ4v) is 1.54. The van der Waals surface area contributed by atoms with Crippen LogP contribution in [-0.2, 0) is 11.8 Å². The van der Waals surface area contributed by atoms with Gasteiger partial charge in [0, 0.05) is 12.4 Å². The van der Waals surface area contributed by atoms with Gasteiger partial charge in [-0.1, -0.05) is 21.1 Å². The number of nitrogens with zero attached hydrogens (tertiary/aromatic N) is 5. The molecule has 0 aliphatic rings. The number of aryl methyl sites for hydroxylation is 1. The zero-order valence-corrected chi connectivity index (χ0v) is 11.1. The van der Waals surface area contributed by atoms with E-state index in [0.29, 0.717) is 6.42 Å². The number of esters is 1. The average Bonchev–Trinajstić information content (AvgIpc) is 2.78. The molecule has 0 aromatic carbocycles. The molecule has 0 saturated heterocycles. The molecule has 0 aliphatic heterocycles. The van der Waals surface area contributed by atoms with E-state index in [1.807, 2.05) is 0 Å². The molecule has 0 atom stereocenters. The molecule has 0 unspecified atom stereocenters. The Balaban J connectivity index is 2.32. The van der Waals surface area contributed by atoms with Crippen molar-refractivity contribution >= 4 is 27.5 Å². The minimum Gasteiger partial charge on any atom is -0.461 e. The van der Waals surface area contributed by atoms with Crippen molar-refractivity contribution < 1.29 is 9.53 Å². The number of rotatable bonds is 4. The Morgan fingerprint density at radius 3 is 3.06 bits per heavy atom. The van der Waals surface area contributed by atoms with Crippen molar-refractivity contribution in [2.45, 2.75) is 6.42 Å². The number of ether oxygens (including phenoxy) is 1. The van der Waals surface area contributed by atoms with Gasteiger partial charge in [0.15, 0.2) is 11.3 Å². The average molecular weight is 316 g/mol. The van der Waals surface area contributed by atoms with Crippen LogP contribution < -0.4 is 5.69 Å². The third-order valence-electron chi connectivity index (χ3n) is 2.20. The molecule has 2 aromatic heterocycles. The quantitative estimate of drug-likeness (QED) is 0.439. The monoisotopic (exact) mass is 315 g/mol. The summed E-state index contributed by atoms with van der Waals surface area (Å²) in [6, 6.07) is 0. The molecule has 0 spiro atoms. The van der Waals surface area contributed by atoms with E-state index >= 15 is 0 Å². The minimum absolute atomic E-state index is 0.00484. The lowest BCUT2D eigenvalue weighted by molar-refractivity contribution is 0.0502. The zero-order valence-electron chi connectivity index (χ0n) is 9.54. The Kier molecular flexibility index (Phi) is 3.70. The van der Waals surface area contributed by atoms with Gasteiger partial charge >= 0.3 is 11.7 Å². The highest BCUT2D eigenvalue weighted by Gasteiger charge is 2.18. The largest absolute Gasteiger partial charge is 0.461 e. The molecule has 2 heterocycles. The minimum atomic E-state index is -0.610. The maximum absolute atomic E-state index is 11.7. The number of carbonyl (C=O) groups is 1. The fourth-order valence-electron chi connectivity index (χ4n) is 1.31. The highest BCUT2D eigenvalue weighted by molar-refractivity contribution is 9.09. The zero-order chi connectivity index (χ0) is 13.1. The Morgan fingerprint density at radius 1 is 1.56 bits per heavy atom. The van der Waals surface area contributed by atoms with Crippen molar-refractivity contribution in [3.63, 3.8) is 0 Å². The molecule has 9 heteroatoms. The van der Waals surface area contributed by atoms with Crippen LogP contribution in [0, 0.1) is 0 Å². The van der Waals surface area contributed by atoms with E-state index in [9.17, 15) is 9.59 Å². The van der Waals surface area contributed by atoms with Crippen LogP contribution in [0.2, 0.25) is 0 Å². The van der Waals surface area contributed by atoms with Gasteiger partial charge in [0.2, 0.25) is 0 Å². The summed E-state index contributed by atoms with van der Waals surface area (Å²) < 4.78 is 7.18. The van der Waals surface area contributed by atoms with E-state index < -0.39 is 11.7 Å². The Labute approximate surface area is 110 Å². The smallest absolute Gasteiger partial charge is 0.360 e. The van der Waals surface area contributed by atoms with Crippen LogP contribution >= 0.6 is 15.9 Å². The molecule has 0 radical (unpaired) electrons. The van der Waals surface area contributed by atoms with Crippen molar-refractivity contribution in [1.29, 1.82) is 0 Å². The first-order chi connectivity index (χ1) is 8.65. The van der Waals surface area contributed by atoms with Gasteiger partial charge in [-0.15, -0.1) is 5.10 Å². The first-order valence-electron chi connectivity index (χ1n) is 5.15. The lowest BCUT2D eigenvalue weighted by atomic mass is 10.4. The van der Waals surface area contributed by atoms with Gasteiger partial charge in [-0.3, -0.25) is 0 Å². The van der Waals surface area contributed by atoms with Crippen molar-refractivity contribution in [2.24, 2.45) is 7.05 Å². The van der Waals surface area contributed by atoms with Crippen LogP contribution in [-0.4, -0.2) is 42.3 Å². The topological polar surface area (TPSA) is 91.4 Å². The van der Waals surface area contributed by atoms with Crippen molar-refractivity contribution in [3.8, 4) is 0 Å². The summed E-state index contributed by atoms with van der Waals surface area (Å²) in [6.07, 6.45) is 1.93. The van der Waals surface area contributed by atoms with Crippen LogP contribution in [0.25, 0.3) is 5.65 Å². The molecule has 0 amide bonds. The van der Waals surface area contributed by atoms with Crippen molar-refractivity contribution in [1.82, 2.24) is 24.4 Å². The third kappa shape index (κ3) is 2.26. The summed E-state index contributed by atoms with van der Waals surface area (Å²) in [6.45, 7) is 0.279. The van der Waals surface area contributed by atoms with E-state index in [2.05, 4.69) is 31.2 Å². The van der Waals surface area contributed by atoms with Crippen LogP contribution in [0.15, 0.2) is 11.1 Å². The molecule has 0 fully saturated rings. The second kappa shape index (κ2) is 5.25. The molecule has 18 heavy (non-hydrogen) atoms. The summed E-state index contributed by atoms with van der Waals surface area (Å²) in [5.41, 5.74) is -0.330. The van der Waals surface area contributed by atoms with Crippen LogP contribution in [0.4, 0.5) is 0 Å². The van der Waals surface area contributed by atoms with Crippen molar-refractivity contribution in [3.05, 3.63) is 22.5 Å². The summed E-state index contributed by atoms with van der Waals surface area (Å²) in [5, 5.41) is 8.09. The molecule has 2 aromatic rings. The maximum Gasteiger partial charge on any atom is 0.360 e. The fraction of sp³-hybridized carbons (Fsp3) is 0.444. The number of fused-ring (bicyclic) bond motifs is 1.